The Bertz CT molecular complexity index is 419. The van der Waals surface area contributed by atoms with E-state index in [9.17, 15) is 10.1 Å². The quantitative estimate of drug-likeness (QED) is 0.666. The third kappa shape index (κ3) is 2.87. The number of rotatable bonds is 3. The summed E-state index contributed by atoms with van der Waals surface area (Å²) in [5, 5.41) is 14.2. The normalized spacial score (nSPS) is 19.9. The SMILES string of the molecule is O=[N+]([O-])c1c(Cl)cccc1O[C@H]1CCCNC1. The molecule has 1 N–H and O–H groups in total. The van der Waals surface area contributed by atoms with Crippen molar-refractivity contribution in [2.45, 2.75) is 18.9 Å². The van der Waals surface area contributed by atoms with Gasteiger partial charge in [0.1, 0.15) is 11.1 Å². The third-order valence-electron chi connectivity index (χ3n) is 2.68. The molecule has 6 heteroatoms. The topological polar surface area (TPSA) is 64.4 Å². The molecule has 0 radical (unpaired) electrons. The van der Waals surface area contributed by atoms with Crippen molar-refractivity contribution in [3.05, 3.63) is 33.3 Å². The second-order valence-electron chi connectivity index (χ2n) is 3.93. The van der Waals surface area contributed by atoms with Crippen LogP contribution in [0.2, 0.25) is 5.02 Å². The fraction of sp³-hybridized carbons (Fsp3) is 0.455. The fourth-order valence-corrected chi connectivity index (χ4v) is 2.10. The molecule has 1 heterocycles. The average molecular weight is 257 g/mol. The number of hydrogen-bond acceptors (Lipinski definition) is 4. The molecule has 0 amide bonds. The summed E-state index contributed by atoms with van der Waals surface area (Å²) in [5.74, 6) is 0.246. The van der Waals surface area contributed by atoms with Crippen molar-refractivity contribution in [1.82, 2.24) is 5.32 Å². The number of nitrogens with zero attached hydrogens (tertiary/aromatic N) is 1. The van der Waals surface area contributed by atoms with Crippen LogP contribution in [-0.2, 0) is 0 Å². The van der Waals surface area contributed by atoms with Crippen LogP contribution in [0.15, 0.2) is 18.2 Å². The van der Waals surface area contributed by atoms with E-state index in [1.807, 2.05) is 0 Å². The number of piperidine rings is 1. The van der Waals surface area contributed by atoms with E-state index in [0.29, 0.717) is 6.54 Å². The minimum absolute atomic E-state index is 0.0269. The van der Waals surface area contributed by atoms with Gasteiger partial charge in [-0.2, -0.15) is 0 Å². The minimum atomic E-state index is -0.506. The maximum atomic E-state index is 10.9. The van der Waals surface area contributed by atoms with Gasteiger partial charge in [0.2, 0.25) is 0 Å². The summed E-state index contributed by atoms with van der Waals surface area (Å²) >= 11 is 5.80. The van der Waals surface area contributed by atoms with Crippen molar-refractivity contribution in [1.29, 1.82) is 0 Å². The first-order valence-electron chi connectivity index (χ1n) is 5.49. The monoisotopic (exact) mass is 256 g/mol. The van der Waals surface area contributed by atoms with Gasteiger partial charge in [-0.15, -0.1) is 0 Å². The van der Waals surface area contributed by atoms with Gasteiger partial charge in [-0.1, -0.05) is 17.7 Å². The van der Waals surface area contributed by atoms with Crippen molar-refractivity contribution < 1.29 is 9.66 Å². The number of halogens is 1. The van der Waals surface area contributed by atoms with E-state index in [2.05, 4.69) is 5.32 Å². The molecule has 1 fully saturated rings. The first-order chi connectivity index (χ1) is 8.18. The zero-order chi connectivity index (χ0) is 12.3. The van der Waals surface area contributed by atoms with Gasteiger partial charge >= 0.3 is 5.69 Å². The summed E-state index contributed by atoms with van der Waals surface area (Å²) in [4.78, 5) is 10.4. The van der Waals surface area contributed by atoms with Crippen LogP contribution in [0, 0.1) is 10.1 Å². The first-order valence-corrected chi connectivity index (χ1v) is 5.86. The van der Waals surface area contributed by atoms with Crippen molar-refractivity contribution >= 4 is 17.3 Å². The molecule has 0 spiro atoms. The van der Waals surface area contributed by atoms with Gasteiger partial charge in [-0.25, -0.2) is 0 Å². The minimum Gasteiger partial charge on any atom is -0.482 e. The lowest BCUT2D eigenvalue weighted by atomic mass is 10.1. The molecule has 0 unspecified atom stereocenters. The molecule has 1 aliphatic rings. The molecule has 0 aliphatic carbocycles. The van der Waals surface area contributed by atoms with E-state index in [4.69, 9.17) is 16.3 Å². The Morgan fingerprint density at radius 3 is 3.00 bits per heavy atom. The van der Waals surface area contributed by atoms with E-state index >= 15 is 0 Å². The molecule has 0 saturated carbocycles. The van der Waals surface area contributed by atoms with Crippen LogP contribution in [-0.4, -0.2) is 24.1 Å². The lowest BCUT2D eigenvalue weighted by Crippen LogP contribution is -2.37. The summed E-state index contributed by atoms with van der Waals surface area (Å²) in [5.41, 5.74) is -0.153. The largest absolute Gasteiger partial charge is 0.482 e. The van der Waals surface area contributed by atoms with Crippen LogP contribution in [0.3, 0.4) is 0 Å². The number of benzene rings is 1. The molecule has 1 aromatic rings. The highest BCUT2D eigenvalue weighted by atomic mass is 35.5. The first kappa shape index (κ1) is 12.1. The summed E-state index contributed by atoms with van der Waals surface area (Å²) in [6, 6.07) is 4.73. The summed E-state index contributed by atoms with van der Waals surface area (Å²) in [6.07, 6.45) is 1.89. The van der Waals surface area contributed by atoms with Gasteiger partial charge in [0, 0.05) is 6.54 Å². The van der Waals surface area contributed by atoms with E-state index in [1.165, 1.54) is 6.07 Å². The van der Waals surface area contributed by atoms with Crippen LogP contribution < -0.4 is 10.1 Å². The van der Waals surface area contributed by atoms with Gasteiger partial charge in [0.25, 0.3) is 0 Å². The van der Waals surface area contributed by atoms with E-state index in [1.54, 1.807) is 12.1 Å². The van der Waals surface area contributed by atoms with Gasteiger partial charge in [-0.3, -0.25) is 10.1 Å². The summed E-state index contributed by atoms with van der Waals surface area (Å²) in [7, 11) is 0. The van der Waals surface area contributed by atoms with E-state index in [-0.39, 0.29) is 22.6 Å². The van der Waals surface area contributed by atoms with Gasteiger partial charge < -0.3 is 10.1 Å². The maximum Gasteiger partial charge on any atom is 0.329 e. The molecule has 0 aromatic heterocycles. The second-order valence-corrected chi connectivity index (χ2v) is 4.34. The van der Waals surface area contributed by atoms with Crippen LogP contribution in [0.4, 0.5) is 5.69 Å². The predicted octanol–water partition coefficient (Wildman–Crippen LogP) is 2.38. The van der Waals surface area contributed by atoms with Gasteiger partial charge in [0.05, 0.1) is 4.92 Å². The highest BCUT2D eigenvalue weighted by Crippen LogP contribution is 2.35. The highest BCUT2D eigenvalue weighted by Gasteiger charge is 2.23. The Morgan fingerprint density at radius 2 is 2.35 bits per heavy atom. The highest BCUT2D eigenvalue weighted by molar-refractivity contribution is 6.32. The number of para-hydroxylation sites is 1. The van der Waals surface area contributed by atoms with E-state index < -0.39 is 4.92 Å². The maximum absolute atomic E-state index is 10.9. The Balaban J connectivity index is 2.19. The number of hydrogen-bond donors (Lipinski definition) is 1. The van der Waals surface area contributed by atoms with Crippen molar-refractivity contribution in [2.75, 3.05) is 13.1 Å². The lowest BCUT2D eigenvalue weighted by Gasteiger charge is -2.23. The fourth-order valence-electron chi connectivity index (χ4n) is 1.87. The number of nitrogens with one attached hydrogen (secondary N) is 1. The van der Waals surface area contributed by atoms with Gasteiger partial charge in [0.15, 0.2) is 5.75 Å². The number of ether oxygens (including phenoxy) is 1. The average Bonchev–Trinajstić information content (AvgIpc) is 2.30. The molecule has 1 aliphatic heterocycles. The molecule has 5 nitrogen and oxygen atoms in total. The zero-order valence-electron chi connectivity index (χ0n) is 9.19. The zero-order valence-corrected chi connectivity index (χ0v) is 9.94. The smallest absolute Gasteiger partial charge is 0.329 e. The predicted molar refractivity (Wildman–Crippen MR) is 64.6 cm³/mol. The van der Waals surface area contributed by atoms with Crippen LogP contribution in [0.25, 0.3) is 0 Å². The Labute approximate surface area is 104 Å². The van der Waals surface area contributed by atoms with Crippen LogP contribution >= 0.6 is 11.6 Å². The molecule has 0 bridgehead atoms. The van der Waals surface area contributed by atoms with Crippen LogP contribution in [0.5, 0.6) is 5.75 Å². The Hall–Kier alpha value is -1.33. The number of nitro groups is 1. The standard InChI is InChI=1S/C11H13ClN2O3/c12-9-4-1-5-10(11(9)14(15)16)17-8-3-2-6-13-7-8/h1,4-5,8,13H,2-3,6-7H2/t8-/m0/s1. The molecule has 1 saturated heterocycles. The molecule has 17 heavy (non-hydrogen) atoms. The van der Waals surface area contributed by atoms with Crippen LogP contribution in [0.1, 0.15) is 12.8 Å². The molecular formula is C11H13ClN2O3. The Morgan fingerprint density at radius 1 is 1.53 bits per heavy atom. The van der Waals surface area contributed by atoms with Gasteiger partial charge in [-0.05, 0) is 31.5 Å². The molecule has 92 valence electrons. The summed E-state index contributed by atoms with van der Waals surface area (Å²) in [6.45, 7) is 1.68. The summed E-state index contributed by atoms with van der Waals surface area (Å²) < 4.78 is 5.64. The molecule has 1 aromatic carbocycles. The third-order valence-corrected chi connectivity index (χ3v) is 2.98. The molecular weight excluding hydrogens is 244 g/mol. The van der Waals surface area contributed by atoms with Crippen molar-refractivity contribution in [3.8, 4) is 5.75 Å². The molecule has 2 rings (SSSR count). The second kappa shape index (κ2) is 5.33. The molecule has 1 atom stereocenters. The lowest BCUT2D eigenvalue weighted by molar-refractivity contribution is -0.385. The Kier molecular flexibility index (Phi) is 3.81. The van der Waals surface area contributed by atoms with Crippen molar-refractivity contribution in [2.24, 2.45) is 0 Å². The van der Waals surface area contributed by atoms with Crippen molar-refractivity contribution in [3.63, 3.8) is 0 Å². The van der Waals surface area contributed by atoms with E-state index in [0.717, 1.165) is 19.4 Å². The number of nitro benzene ring substituents is 1.